The second kappa shape index (κ2) is 8.11. The van der Waals surface area contributed by atoms with Crippen LogP contribution in [0, 0.1) is 5.82 Å². The van der Waals surface area contributed by atoms with Gasteiger partial charge in [0.2, 0.25) is 0 Å². The lowest BCUT2D eigenvalue weighted by molar-refractivity contribution is -0.00740. The molecule has 1 fully saturated rings. The summed E-state index contributed by atoms with van der Waals surface area (Å²) < 4.78 is 19.9. The van der Waals surface area contributed by atoms with Crippen LogP contribution in [0.2, 0.25) is 0 Å². The van der Waals surface area contributed by atoms with Gasteiger partial charge < -0.3 is 10.1 Å². The Morgan fingerprint density at radius 3 is 2.95 bits per heavy atom. The molecular weight excluding hydrogens is 321 g/mol. The van der Waals surface area contributed by atoms with Crippen LogP contribution < -0.4 is 5.32 Å². The molecule has 1 aromatic rings. The van der Waals surface area contributed by atoms with Crippen LogP contribution in [0.25, 0.3) is 0 Å². The molecule has 1 heterocycles. The molecule has 0 amide bonds. The molecule has 2 nitrogen and oxygen atoms in total. The highest BCUT2D eigenvalue weighted by Crippen LogP contribution is 2.23. The van der Waals surface area contributed by atoms with Crippen LogP contribution >= 0.6 is 15.9 Å². The molecule has 1 aliphatic heterocycles. The van der Waals surface area contributed by atoms with Gasteiger partial charge in [0.05, 0.1) is 6.10 Å². The molecule has 0 saturated carbocycles. The SMILES string of the molecule is CCCNC(Cc1ccc(F)cc1Br)C1CCCCO1. The van der Waals surface area contributed by atoms with Crippen LogP contribution in [0.1, 0.15) is 38.2 Å². The van der Waals surface area contributed by atoms with Gasteiger partial charge in [0.15, 0.2) is 0 Å². The number of halogens is 2. The first-order valence-electron chi connectivity index (χ1n) is 7.49. The zero-order chi connectivity index (χ0) is 14.4. The molecule has 2 unspecified atom stereocenters. The van der Waals surface area contributed by atoms with Gasteiger partial charge in [0, 0.05) is 17.1 Å². The Balaban J connectivity index is 2.05. The molecule has 1 N–H and O–H groups in total. The van der Waals surface area contributed by atoms with Crippen LogP contribution in [-0.4, -0.2) is 25.3 Å². The molecule has 20 heavy (non-hydrogen) atoms. The fourth-order valence-electron chi connectivity index (χ4n) is 2.67. The zero-order valence-corrected chi connectivity index (χ0v) is 13.6. The molecule has 0 spiro atoms. The number of hydrogen-bond donors (Lipinski definition) is 1. The third kappa shape index (κ3) is 4.54. The van der Waals surface area contributed by atoms with E-state index in [-0.39, 0.29) is 11.9 Å². The Bertz CT molecular complexity index is 421. The Morgan fingerprint density at radius 1 is 1.45 bits per heavy atom. The smallest absolute Gasteiger partial charge is 0.124 e. The molecule has 1 aliphatic rings. The Kier molecular flexibility index (Phi) is 6.46. The molecule has 1 saturated heterocycles. The van der Waals surface area contributed by atoms with Crippen molar-refractivity contribution >= 4 is 15.9 Å². The van der Waals surface area contributed by atoms with E-state index in [1.165, 1.54) is 18.6 Å². The van der Waals surface area contributed by atoms with Crippen LogP contribution in [0.4, 0.5) is 4.39 Å². The summed E-state index contributed by atoms with van der Waals surface area (Å²) in [4.78, 5) is 0. The summed E-state index contributed by atoms with van der Waals surface area (Å²) in [5, 5.41) is 3.59. The van der Waals surface area contributed by atoms with Crippen LogP contribution in [0.15, 0.2) is 22.7 Å². The van der Waals surface area contributed by atoms with E-state index < -0.39 is 0 Å². The van der Waals surface area contributed by atoms with Crippen molar-refractivity contribution in [1.82, 2.24) is 5.32 Å². The van der Waals surface area contributed by atoms with Crippen molar-refractivity contribution in [2.75, 3.05) is 13.2 Å². The molecule has 0 bridgehead atoms. The molecule has 2 rings (SSSR count). The first-order valence-corrected chi connectivity index (χ1v) is 8.29. The van der Waals surface area contributed by atoms with E-state index >= 15 is 0 Å². The highest BCUT2D eigenvalue weighted by Gasteiger charge is 2.24. The van der Waals surface area contributed by atoms with E-state index in [1.54, 1.807) is 0 Å². The van der Waals surface area contributed by atoms with E-state index in [4.69, 9.17) is 4.74 Å². The quantitative estimate of drug-likeness (QED) is 0.840. The summed E-state index contributed by atoms with van der Waals surface area (Å²) in [6.45, 7) is 4.02. The Labute approximate surface area is 129 Å². The monoisotopic (exact) mass is 343 g/mol. The molecule has 2 atom stereocenters. The van der Waals surface area contributed by atoms with E-state index in [2.05, 4.69) is 28.2 Å². The lowest BCUT2D eigenvalue weighted by atomic mass is 9.96. The van der Waals surface area contributed by atoms with Gasteiger partial charge in [0.1, 0.15) is 5.82 Å². The summed E-state index contributed by atoms with van der Waals surface area (Å²) in [7, 11) is 0. The molecule has 112 valence electrons. The van der Waals surface area contributed by atoms with E-state index in [0.29, 0.717) is 6.04 Å². The molecule has 4 heteroatoms. The number of hydrogen-bond acceptors (Lipinski definition) is 2. The van der Waals surface area contributed by atoms with Crippen LogP contribution in [0.5, 0.6) is 0 Å². The third-order valence-corrected chi connectivity index (χ3v) is 4.51. The fraction of sp³-hybridized carbons (Fsp3) is 0.625. The number of benzene rings is 1. The summed E-state index contributed by atoms with van der Waals surface area (Å²) in [6.07, 6.45) is 5.75. The van der Waals surface area contributed by atoms with Crippen molar-refractivity contribution < 1.29 is 9.13 Å². The number of nitrogens with one attached hydrogen (secondary N) is 1. The largest absolute Gasteiger partial charge is 0.377 e. The predicted molar refractivity (Wildman–Crippen MR) is 83.5 cm³/mol. The minimum Gasteiger partial charge on any atom is -0.377 e. The zero-order valence-electron chi connectivity index (χ0n) is 12.0. The van der Waals surface area contributed by atoms with Crippen molar-refractivity contribution in [2.45, 2.75) is 51.2 Å². The van der Waals surface area contributed by atoms with Crippen molar-refractivity contribution in [3.8, 4) is 0 Å². The standard InChI is InChI=1S/C16H23BrFNO/c1-2-8-19-15(16-5-3-4-9-20-16)10-12-6-7-13(18)11-14(12)17/h6-7,11,15-16,19H,2-5,8-10H2,1H3. The normalized spacial score (nSPS) is 20.9. The topological polar surface area (TPSA) is 21.3 Å². The van der Waals surface area contributed by atoms with Crippen molar-refractivity contribution in [2.24, 2.45) is 0 Å². The second-order valence-corrected chi connectivity index (χ2v) is 6.26. The number of rotatable bonds is 6. The minimum atomic E-state index is -0.201. The third-order valence-electron chi connectivity index (χ3n) is 3.78. The van der Waals surface area contributed by atoms with E-state index in [0.717, 1.165) is 48.9 Å². The van der Waals surface area contributed by atoms with Crippen molar-refractivity contribution in [3.05, 3.63) is 34.1 Å². The second-order valence-electron chi connectivity index (χ2n) is 5.41. The van der Waals surface area contributed by atoms with Gasteiger partial charge in [0.25, 0.3) is 0 Å². The van der Waals surface area contributed by atoms with Gasteiger partial charge in [-0.2, -0.15) is 0 Å². The van der Waals surface area contributed by atoms with Gasteiger partial charge in [-0.15, -0.1) is 0 Å². The number of ether oxygens (including phenoxy) is 1. The van der Waals surface area contributed by atoms with Crippen LogP contribution in [0.3, 0.4) is 0 Å². The predicted octanol–water partition coefficient (Wildman–Crippen LogP) is 4.07. The molecular formula is C16H23BrFNO. The van der Waals surface area contributed by atoms with Gasteiger partial charge >= 0.3 is 0 Å². The molecule has 0 aromatic heterocycles. The maximum absolute atomic E-state index is 13.2. The average Bonchev–Trinajstić information content (AvgIpc) is 2.46. The Hall–Kier alpha value is -0.450. The first-order chi connectivity index (χ1) is 9.70. The highest BCUT2D eigenvalue weighted by molar-refractivity contribution is 9.10. The maximum atomic E-state index is 13.2. The lowest BCUT2D eigenvalue weighted by Gasteiger charge is -2.31. The van der Waals surface area contributed by atoms with Crippen molar-refractivity contribution in [3.63, 3.8) is 0 Å². The minimum absolute atomic E-state index is 0.201. The fourth-order valence-corrected chi connectivity index (χ4v) is 3.18. The van der Waals surface area contributed by atoms with E-state index in [9.17, 15) is 4.39 Å². The van der Waals surface area contributed by atoms with Gasteiger partial charge in [-0.1, -0.05) is 28.9 Å². The summed E-state index contributed by atoms with van der Waals surface area (Å²) in [5.74, 6) is -0.201. The highest BCUT2D eigenvalue weighted by atomic mass is 79.9. The molecule has 1 aromatic carbocycles. The molecule has 0 radical (unpaired) electrons. The maximum Gasteiger partial charge on any atom is 0.124 e. The van der Waals surface area contributed by atoms with Crippen LogP contribution in [-0.2, 0) is 11.2 Å². The Morgan fingerprint density at radius 2 is 2.30 bits per heavy atom. The summed E-state index contributed by atoms with van der Waals surface area (Å²) in [5.41, 5.74) is 1.13. The van der Waals surface area contributed by atoms with Crippen molar-refractivity contribution in [1.29, 1.82) is 0 Å². The van der Waals surface area contributed by atoms with Gasteiger partial charge in [-0.3, -0.25) is 0 Å². The average molecular weight is 344 g/mol. The summed E-state index contributed by atoms with van der Waals surface area (Å²) >= 11 is 3.46. The lowest BCUT2D eigenvalue weighted by Crippen LogP contribution is -2.44. The van der Waals surface area contributed by atoms with Gasteiger partial charge in [-0.25, -0.2) is 4.39 Å². The van der Waals surface area contributed by atoms with Gasteiger partial charge in [-0.05, 0) is 56.3 Å². The van der Waals surface area contributed by atoms with E-state index in [1.807, 2.05) is 6.07 Å². The summed E-state index contributed by atoms with van der Waals surface area (Å²) in [6, 6.07) is 5.23. The first kappa shape index (κ1) is 15.9. The molecule has 0 aliphatic carbocycles.